The normalized spacial score (nSPS) is 26.3. The van der Waals surface area contributed by atoms with Crippen LogP contribution in [0.5, 0.6) is 0 Å². The van der Waals surface area contributed by atoms with E-state index in [1.807, 2.05) is 4.90 Å². The summed E-state index contributed by atoms with van der Waals surface area (Å²) >= 11 is 0. The zero-order valence-electron chi connectivity index (χ0n) is 12.0. The van der Waals surface area contributed by atoms with Crippen LogP contribution in [0.1, 0.15) is 58.8 Å². The monoisotopic (exact) mass is 252 g/mol. The molecular weight excluding hydrogens is 224 g/mol. The largest absolute Gasteiger partial charge is 0.341 e. The molecule has 1 unspecified atom stereocenters. The molecule has 1 saturated heterocycles. The van der Waals surface area contributed by atoms with Gasteiger partial charge >= 0.3 is 0 Å². The van der Waals surface area contributed by atoms with E-state index < -0.39 is 0 Å². The number of carbonyl (C=O) groups excluding carboxylic acids is 1. The Labute approximate surface area is 111 Å². The van der Waals surface area contributed by atoms with Crippen molar-refractivity contribution in [1.82, 2.24) is 4.90 Å². The Morgan fingerprint density at radius 1 is 1.22 bits per heavy atom. The molecule has 0 aromatic rings. The van der Waals surface area contributed by atoms with Gasteiger partial charge in [0.2, 0.25) is 5.91 Å². The third kappa shape index (κ3) is 2.71. The van der Waals surface area contributed by atoms with Gasteiger partial charge in [-0.15, -0.1) is 0 Å². The fraction of sp³-hybridized carbons (Fsp3) is 0.933. The number of likely N-dealkylation sites (tertiary alicyclic amines) is 1. The van der Waals surface area contributed by atoms with Gasteiger partial charge in [0, 0.05) is 13.1 Å². The van der Waals surface area contributed by atoms with Gasteiger partial charge in [0.05, 0.1) is 6.04 Å². The Kier molecular flexibility index (Phi) is 4.31. The summed E-state index contributed by atoms with van der Waals surface area (Å²) in [5.41, 5.74) is 6.64. The van der Waals surface area contributed by atoms with Gasteiger partial charge in [0.15, 0.2) is 0 Å². The van der Waals surface area contributed by atoms with E-state index in [0.717, 1.165) is 19.5 Å². The molecule has 2 fully saturated rings. The standard InChI is InChI=1S/C15H28N2O/c1-3-12(2)13(16)14(18)17-10-8-15(9-11-17)6-4-5-7-15/h12-13H,3-11,16H2,1-2H3/t12?,13-/m0/s1. The van der Waals surface area contributed by atoms with E-state index >= 15 is 0 Å². The zero-order chi connectivity index (χ0) is 13.2. The Morgan fingerprint density at radius 2 is 1.78 bits per heavy atom. The lowest BCUT2D eigenvalue weighted by Crippen LogP contribution is -2.51. The average Bonchev–Trinajstić information content (AvgIpc) is 2.85. The number of amides is 1. The second kappa shape index (κ2) is 5.60. The maximum Gasteiger partial charge on any atom is 0.239 e. The van der Waals surface area contributed by atoms with Crippen molar-refractivity contribution in [3.8, 4) is 0 Å². The quantitative estimate of drug-likeness (QED) is 0.839. The first kappa shape index (κ1) is 13.9. The molecule has 2 rings (SSSR count). The highest BCUT2D eigenvalue weighted by atomic mass is 16.2. The lowest BCUT2D eigenvalue weighted by molar-refractivity contribution is -0.136. The molecule has 2 N–H and O–H groups in total. The molecule has 0 radical (unpaired) electrons. The average molecular weight is 252 g/mol. The summed E-state index contributed by atoms with van der Waals surface area (Å²) in [4.78, 5) is 14.3. The zero-order valence-corrected chi connectivity index (χ0v) is 12.0. The van der Waals surface area contributed by atoms with E-state index in [0.29, 0.717) is 11.3 Å². The second-order valence-corrected chi connectivity index (χ2v) is 6.44. The highest BCUT2D eigenvalue weighted by molar-refractivity contribution is 5.82. The van der Waals surface area contributed by atoms with Crippen molar-refractivity contribution >= 4 is 5.91 Å². The maximum atomic E-state index is 12.3. The van der Waals surface area contributed by atoms with Gasteiger partial charge in [-0.25, -0.2) is 0 Å². The molecule has 3 nitrogen and oxygen atoms in total. The third-order valence-corrected chi connectivity index (χ3v) is 5.34. The predicted octanol–water partition coefficient (Wildman–Crippen LogP) is 2.54. The molecule has 2 atom stereocenters. The van der Waals surface area contributed by atoms with Crippen molar-refractivity contribution < 1.29 is 4.79 Å². The topological polar surface area (TPSA) is 46.3 Å². The number of nitrogens with two attached hydrogens (primary N) is 1. The maximum absolute atomic E-state index is 12.3. The third-order valence-electron chi connectivity index (χ3n) is 5.34. The molecule has 1 aliphatic carbocycles. The Hall–Kier alpha value is -0.570. The van der Waals surface area contributed by atoms with Crippen LogP contribution in [0.4, 0.5) is 0 Å². The van der Waals surface area contributed by atoms with Crippen molar-refractivity contribution in [2.75, 3.05) is 13.1 Å². The van der Waals surface area contributed by atoms with Gasteiger partial charge in [-0.1, -0.05) is 33.1 Å². The fourth-order valence-electron chi connectivity index (χ4n) is 3.53. The highest BCUT2D eigenvalue weighted by Gasteiger charge is 2.38. The molecule has 1 aliphatic heterocycles. The van der Waals surface area contributed by atoms with Crippen LogP contribution in [0.25, 0.3) is 0 Å². The van der Waals surface area contributed by atoms with Gasteiger partial charge in [-0.3, -0.25) is 4.79 Å². The van der Waals surface area contributed by atoms with Gasteiger partial charge in [0.1, 0.15) is 0 Å². The lowest BCUT2D eigenvalue weighted by atomic mass is 9.77. The van der Waals surface area contributed by atoms with Gasteiger partial charge in [-0.2, -0.15) is 0 Å². The van der Waals surface area contributed by atoms with Crippen LogP contribution in [0, 0.1) is 11.3 Å². The molecule has 1 amide bonds. The van der Waals surface area contributed by atoms with E-state index in [-0.39, 0.29) is 11.9 Å². The molecule has 3 heteroatoms. The van der Waals surface area contributed by atoms with Gasteiger partial charge in [-0.05, 0) is 37.0 Å². The summed E-state index contributed by atoms with van der Waals surface area (Å²) in [6, 6.07) is -0.298. The Balaban J connectivity index is 1.87. The Bertz CT molecular complexity index is 287. The highest BCUT2D eigenvalue weighted by Crippen LogP contribution is 2.46. The number of hydrogen-bond acceptors (Lipinski definition) is 2. The van der Waals surface area contributed by atoms with Gasteiger partial charge < -0.3 is 10.6 Å². The smallest absolute Gasteiger partial charge is 0.239 e. The molecule has 0 bridgehead atoms. The van der Waals surface area contributed by atoms with Crippen molar-refractivity contribution in [2.24, 2.45) is 17.1 Å². The van der Waals surface area contributed by atoms with E-state index in [9.17, 15) is 4.79 Å². The number of nitrogens with zero attached hydrogens (tertiary/aromatic N) is 1. The minimum absolute atomic E-state index is 0.178. The van der Waals surface area contributed by atoms with Gasteiger partial charge in [0.25, 0.3) is 0 Å². The number of hydrogen-bond donors (Lipinski definition) is 1. The lowest BCUT2D eigenvalue weighted by Gasteiger charge is -2.40. The Morgan fingerprint density at radius 3 is 2.28 bits per heavy atom. The molecule has 0 aromatic heterocycles. The summed E-state index contributed by atoms with van der Waals surface area (Å²) in [7, 11) is 0. The predicted molar refractivity (Wildman–Crippen MR) is 74.1 cm³/mol. The summed E-state index contributed by atoms with van der Waals surface area (Å²) in [6.45, 7) is 6.04. The number of piperidine rings is 1. The summed E-state index contributed by atoms with van der Waals surface area (Å²) < 4.78 is 0. The minimum atomic E-state index is -0.298. The van der Waals surface area contributed by atoms with Crippen LogP contribution in [0.3, 0.4) is 0 Å². The second-order valence-electron chi connectivity index (χ2n) is 6.44. The van der Waals surface area contributed by atoms with E-state index in [1.54, 1.807) is 0 Å². The number of carbonyl (C=O) groups is 1. The molecule has 1 heterocycles. The molecule has 1 saturated carbocycles. The summed E-state index contributed by atoms with van der Waals surface area (Å²) in [6.07, 6.45) is 8.92. The van der Waals surface area contributed by atoms with Crippen molar-refractivity contribution in [3.05, 3.63) is 0 Å². The SMILES string of the molecule is CCC(C)[C@H](N)C(=O)N1CCC2(CCCC2)CC1. The molecule has 104 valence electrons. The molecule has 0 aromatic carbocycles. The van der Waals surface area contributed by atoms with Crippen molar-refractivity contribution in [2.45, 2.75) is 64.8 Å². The molecule has 2 aliphatic rings. The van der Waals surface area contributed by atoms with Crippen molar-refractivity contribution in [1.29, 1.82) is 0 Å². The van der Waals surface area contributed by atoms with E-state index in [1.165, 1.54) is 38.5 Å². The van der Waals surface area contributed by atoms with E-state index in [4.69, 9.17) is 5.73 Å². The first-order chi connectivity index (χ1) is 8.58. The fourth-order valence-corrected chi connectivity index (χ4v) is 3.53. The molecule has 1 spiro atoms. The first-order valence-corrected chi connectivity index (χ1v) is 7.62. The first-order valence-electron chi connectivity index (χ1n) is 7.62. The summed E-state index contributed by atoms with van der Waals surface area (Å²) in [5.74, 6) is 0.470. The molecule has 18 heavy (non-hydrogen) atoms. The van der Waals surface area contributed by atoms with Crippen LogP contribution in [0.15, 0.2) is 0 Å². The number of rotatable bonds is 3. The minimum Gasteiger partial charge on any atom is -0.341 e. The van der Waals surface area contributed by atoms with Crippen LogP contribution in [0.2, 0.25) is 0 Å². The molecular formula is C15H28N2O. The van der Waals surface area contributed by atoms with Crippen LogP contribution >= 0.6 is 0 Å². The summed E-state index contributed by atoms with van der Waals surface area (Å²) in [5, 5.41) is 0. The van der Waals surface area contributed by atoms with Crippen molar-refractivity contribution in [3.63, 3.8) is 0 Å². The van der Waals surface area contributed by atoms with Crippen LogP contribution in [-0.4, -0.2) is 29.9 Å². The van der Waals surface area contributed by atoms with Crippen LogP contribution < -0.4 is 5.73 Å². The van der Waals surface area contributed by atoms with Crippen LogP contribution in [-0.2, 0) is 4.79 Å². The van der Waals surface area contributed by atoms with E-state index in [2.05, 4.69) is 13.8 Å².